The third kappa shape index (κ3) is 6.66. The maximum absolute atomic E-state index is 6.24. The van der Waals surface area contributed by atoms with Gasteiger partial charge >= 0.3 is 0 Å². The second kappa shape index (κ2) is 8.31. The van der Waals surface area contributed by atoms with Crippen molar-refractivity contribution in [3.63, 3.8) is 0 Å². The first-order valence-corrected chi connectivity index (χ1v) is 11.7. The monoisotopic (exact) mass is 320 g/mol. The summed E-state index contributed by atoms with van der Waals surface area (Å²) in [6.07, 6.45) is 4.73. The highest BCUT2D eigenvalue weighted by Gasteiger charge is 2.36. The topological polar surface area (TPSA) is 9.23 Å². The van der Waals surface area contributed by atoms with Gasteiger partial charge in [0.1, 0.15) is 0 Å². The molecule has 0 spiro atoms. The largest absolute Gasteiger partial charge is 0.417 e. The summed E-state index contributed by atoms with van der Waals surface area (Å²) in [4.78, 5) is 0. The lowest BCUT2D eigenvalue weighted by atomic mass is 10.0. The van der Waals surface area contributed by atoms with Crippen LogP contribution in [0, 0.1) is 5.92 Å². The molecule has 1 aromatic carbocycles. The van der Waals surface area contributed by atoms with Gasteiger partial charge in [-0.15, -0.1) is 0 Å². The Morgan fingerprint density at radius 3 is 1.91 bits per heavy atom. The van der Waals surface area contributed by atoms with Crippen molar-refractivity contribution in [1.29, 1.82) is 0 Å². The van der Waals surface area contributed by atoms with E-state index in [1.54, 1.807) is 0 Å². The Labute approximate surface area is 139 Å². The molecule has 0 aromatic heterocycles. The predicted molar refractivity (Wildman–Crippen MR) is 101 cm³/mol. The summed E-state index contributed by atoms with van der Waals surface area (Å²) >= 11 is 0. The molecule has 2 heteroatoms. The molecule has 0 fully saturated rings. The zero-order chi connectivity index (χ0) is 16.8. The number of rotatable bonds is 8. The molecular formula is C20H36OSi. The second-order valence-corrected chi connectivity index (χ2v) is 13.3. The second-order valence-electron chi connectivity index (χ2n) is 8.46. The summed E-state index contributed by atoms with van der Waals surface area (Å²) in [5.74, 6) is 0.784. The molecule has 0 bridgehead atoms. The van der Waals surface area contributed by atoms with Crippen LogP contribution in [0.15, 0.2) is 24.3 Å². The highest BCUT2D eigenvalue weighted by atomic mass is 28.4. The SMILES string of the molecule is CC(C)CCc1ccc(CCCO[Si](C)(C)C(C)(C)C)cc1. The van der Waals surface area contributed by atoms with E-state index in [9.17, 15) is 0 Å². The zero-order valence-corrected chi connectivity index (χ0v) is 16.8. The summed E-state index contributed by atoms with van der Waals surface area (Å²) in [6, 6.07) is 9.18. The van der Waals surface area contributed by atoms with Crippen LogP contribution in [0.1, 0.15) is 58.6 Å². The molecular weight excluding hydrogens is 284 g/mol. The Balaban J connectivity index is 2.34. The molecule has 0 N–H and O–H groups in total. The molecule has 0 atom stereocenters. The molecule has 0 aliphatic rings. The smallest absolute Gasteiger partial charge is 0.191 e. The molecule has 1 rings (SSSR count). The molecule has 0 unspecified atom stereocenters. The van der Waals surface area contributed by atoms with Gasteiger partial charge in [-0.25, -0.2) is 0 Å². The van der Waals surface area contributed by atoms with Gasteiger partial charge in [0.15, 0.2) is 8.32 Å². The summed E-state index contributed by atoms with van der Waals surface area (Å²) in [5, 5.41) is 0.311. The first-order chi connectivity index (χ1) is 10.1. The number of hydrogen-bond donors (Lipinski definition) is 0. The molecule has 1 nitrogen and oxygen atoms in total. The standard InChI is InChI=1S/C20H36OSi/c1-17(2)10-11-19-14-12-18(13-15-19)9-8-16-21-22(6,7)20(3,4)5/h12-15,17H,8-11,16H2,1-7H3. The van der Waals surface area contributed by atoms with Crippen molar-refractivity contribution in [1.82, 2.24) is 0 Å². The van der Waals surface area contributed by atoms with Gasteiger partial charge < -0.3 is 4.43 Å². The predicted octanol–water partition coefficient (Wildman–Crippen LogP) is 6.23. The van der Waals surface area contributed by atoms with Gasteiger partial charge in [0.25, 0.3) is 0 Å². The Morgan fingerprint density at radius 2 is 1.45 bits per heavy atom. The summed E-state index contributed by atoms with van der Waals surface area (Å²) in [6.45, 7) is 17.0. The maximum atomic E-state index is 6.24. The van der Waals surface area contributed by atoms with E-state index in [4.69, 9.17) is 4.43 Å². The fourth-order valence-electron chi connectivity index (χ4n) is 2.15. The average molecular weight is 321 g/mol. The fraction of sp³-hybridized carbons (Fsp3) is 0.700. The van der Waals surface area contributed by atoms with E-state index in [-0.39, 0.29) is 0 Å². The van der Waals surface area contributed by atoms with E-state index in [0.29, 0.717) is 5.04 Å². The van der Waals surface area contributed by atoms with Crippen LogP contribution in [0.2, 0.25) is 18.1 Å². The molecule has 0 heterocycles. The van der Waals surface area contributed by atoms with Crippen molar-refractivity contribution < 1.29 is 4.43 Å². The lowest BCUT2D eigenvalue weighted by Gasteiger charge is -2.36. The van der Waals surface area contributed by atoms with Gasteiger partial charge in [-0.1, -0.05) is 58.9 Å². The Hall–Kier alpha value is -0.603. The van der Waals surface area contributed by atoms with E-state index in [1.165, 1.54) is 24.0 Å². The molecule has 1 aromatic rings. The molecule has 0 amide bonds. The van der Waals surface area contributed by atoms with E-state index in [2.05, 4.69) is 72.0 Å². The quantitative estimate of drug-likeness (QED) is 0.407. The first-order valence-electron chi connectivity index (χ1n) is 8.83. The van der Waals surface area contributed by atoms with E-state index < -0.39 is 8.32 Å². The Morgan fingerprint density at radius 1 is 0.955 bits per heavy atom. The third-order valence-corrected chi connectivity index (χ3v) is 9.45. The minimum atomic E-state index is -1.57. The van der Waals surface area contributed by atoms with Crippen LogP contribution in [-0.2, 0) is 17.3 Å². The van der Waals surface area contributed by atoms with E-state index in [0.717, 1.165) is 25.4 Å². The summed E-state index contributed by atoms with van der Waals surface area (Å²) < 4.78 is 6.24. The van der Waals surface area contributed by atoms with Gasteiger partial charge in [-0.2, -0.15) is 0 Å². The molecule has 0 radical (unpaired) electrons. The van der Waals surface area contributed by atoms with Crippen LogP contribution in [0.5, 0.6) is 0 Å². The molecule has 0 aliphatic carbocycles. The highest BCUT2D eigenvalue weighted by molar-refractivity contribution is 6.74. The first kappa shape index (κ1) is 19.4. The molecule has 0 aliphatic heterocycles. The lowest BCUT2D eigenvalue weighted by Crippen LogP contribution is -2.41. The fourth-order valence-corrected chi connectivity index (χ4v) is 3.24. The van der Waals surface area contributed by atoms with Gasteiger partial charge in [0.05, 0.1) is 0 Å². The Kier molecular flexibility index (Phi) is 7.34. The van der Waals surface area contributed by atoms with Crippen molar-refractivity contribution in [3.8, 4) is 0 Å². The van der Waals surface area contributed by atoms with Gasteiger partial charge in [-0.05, 0) is 60.9 Å². The maximum Gasteiger partial charge on any atom is 0.191 e. The minimum absolute atomic E-state index is 0.311. The minimum Gasteiger partial charge on any atom is -0.417 e. The van der Waals surface area contributed by atoms with Crippen LogP contribution >= 0.6 is 0 Å². The van der Waals surface area contributed by atoms with Crippen LogP contribution in [-0.4, -0.2) is 14.9 Å². The molecule has 22 heavy (non-hydrogen) atoms. The van der Waals surface area contributed by atoms with E-state index >= 15 is 0 Å². The van der Waals surface area contributed by atoms with Crippen LogP contribution in [0.3, 0.4) is 0 Å². The number of aryl methyl sites for hydroxylation is 2. The van der Waals surface area contributed by atoms with Crippen molar-refractivity contribution in [2.75, 3.05) is 6.61 Å². The average Bonchev–Trinajstić information content (AvgIpc) is 2.41. The van der Waals surface area contributed by atoms with Crippen molar-refractivity contribution >= 4 is 8.32 Å². The number of hydrogen-bond acceptors (Lipinski definition) is 1. The van der Waals surface area contributed by atoms with Crippen molar-refractivity contribution in [2.45, 2.75) is 78.4 Å². The molecule has 0 saturated carbocycles. The third-order valence-electron chi connectivity index (χ3n) is 4.91. The summed E-state index contributed by atoms with van der Waals surface area (Å²) in [7, 11) is -1.57. The van der Waals surface area contributed by atoms with Gasteiger partial charge in [0, 0.05) is 6.61 Å². The Bertz CT molecular complexity index is 426. The molecule has 126 valence electrons. The zero-order valence-electron chi connectivity index (χ0n) is 15.8. The highest BCUT2D eigenvalue weighted by Crippen LogP contribution is 2.36. The summed E-state index contributed by atoms with van der Waals surface area (Å²) in [5.41, 5.74) is 2.90. The van der Waals surface area contributed by atoms with Gasteiger partial charge in [-0.3, -0.25) is 0 Å². The van der Waals surface area contributed by atoms with Crippen LogP contribution in [0.4, 0.5) is 0 Å². The normalized spacial score (nSPS) is 12.9. The van der Waals surface area contributed by atoms with E-state index in [1.807, 2.05) is 0 Å². The molecule has 0 saturated heterocycles. The number of benzene rings is 1. The van der Waals surface area contributed by atoms with Crippen LogP contribution < -0.4 is 0 Å². The van der Waals surface area contributed by atoms with Crippen molar-refractivity contribution in [3.05, 3.63) is 35.4 Å². The van der Waals surface area contributed by atoms with Gasteiger partial charge in [0.2, 0.25) is 0 Å². The lowest BCUT2D eigenvalue weighted by molar-refractivity contribution is 0.282. The van der Waals surface area contributed by atoms with Crippen LogP contribution in [0.25, 0.3) is 0 Å². The van der Waals surface area contributed by atoms with Crippen molar-refractivity contribution in [2.24, 2.45) is 5.92 Å².